The molecule has 0 fully saturated rings. The van der Waals surface area contributed by atoms with Gasteiger partial charge in [-0.1, -0.05) is 50.3 Å². The molecule has 0 heterocycles. The van der Waals surface area contributed by atoms with Gasteiger partial charge in [0.15, 0.2) is 0 Å². The van der Waals surface area contributed by atoms with Gasteiger partial charge >= 0.3 is 6.09 Å². The first-order valence-electron chi connectivity index (χ1n) is 13.3. The van der Waals surface area contributed by atoms with E-state index in [0.29, 0.717) is 35.5 Å². The molecule has 0 aromatic heterocycles. The van der Waals surface area contributed by atoms with Crippen LogP contribution in [0.1, 0.15) is 77.5 Å². The van der Waals surface area contributed by atoms with Crippen LogP contribution in [0, 0.1) is 12.3 Å². The van der Waals surface area contributed by atoms with Gasteiger partial charge in [-0.05, 0) is 70.0 Å². The number of methoxy groups -OCH3 is 1. The molecular weight excluding hydrogens is 494 g/mol. The molecule has 0 bridgehead atoms. The second-order valence-electron chi connectivity index (χ2n) is 10.3. The van der Waals surface area contributed by atoms with E-state index >= 15 is 0 Å². The predicted octanol–water partition coefficient (Wildman–Crippen LogP) is 5.68. The zero-order chi connectivity index (χ0) is 29.0. The van der Waals surface area contributed by atoms with Crippen molar-refractivity contribution < 1.29 is 23.9 Å². The fourth-order valence-electron chi connectivity index (χ4n) is 4.07. The molecular formula is C31H41N3O5. The maximum Gasteiger partial charge on any atom is 0.408 e. The Morgan fingerprint density at radius 1 is 1.03 bits per heavy atom. The minimum absolute atomic E-state index is 0.304. The first-order chi connectivity index (χ1) is 18.5. The fourth-order valence-corrected chi connectivity index (χ4v) is 4.07. The lowest BCUT2D eigenvalue weighted by Crippen LogP contribution is -2.51. The number of benzene rings is 2. The van der Waals surface area contributed by atoms with Gasteiger partial charge in [0.25, 0.3) is 5.91 Å². The Morgan fingerprint density at radius 3 is 2.28 bits per heavy atom. The molecule has 8 heteroatoms. The van der Waals surface area contributed by atoms with Gasteiger partial charge < -0.3 is 25.0 Å². The molecule has 2 aromatic carbocycles. The molecule has 0 spiro atoms. The van der Waals surface area contributed by atoms with Crippen LogP contribution in [-0.4, -0.2) is 48.1 Å². The number of hydrogen-bond acceptors (Lipinski definition) is 5. The summed E-state index contributed by atoms with van der Waals surface area (Å²) in [5.41, 5.74) is 0.854. The molecule has 0 aliphatic rings. The van der Waals surface area contributed by atoms with Crippen molar-refractivity contribution >= 4 is 23.6 Å². The number of alkyl carbamates (subject to hydrolysis) is 1. The van der Waals surface area contributed by atoms with Gasteiger partial charge in [-0.2, -0.15) is 0 Å². The summed E-state index contributed by atoms with van der Waals surface area (Å²) in [6.07, 6.45) is 8.68. The van der Waals surface area contributed by atoms with Crippen LogP contribution in [0.4, 0.5) is 10.5 Å². The number of nitrogens with zero attached hydrogens (tertiary/aromatic N) is 1. The van der Waals surface area contributed by atoms with Crippen molar-refractivity contribution in [1.82, 2.24) is 10.2 Å². The number of carbonyl (C=O) groups excluding carboxylic acids is 3. The molecule has 2 rings (SSSR count). The summed E-state index contributed by atoms with van der Waals surface area (Å²) in [4.78, 5) is 41.7. The minimum Gasteiger partial charge on any atom is -0.497 e. The third-order valence-electron chi connectivity index (χ3n) is 5.97. The fraction of sp³-hybridized carbons (Fsp3) is 0.452. The smallest absolute Gasteiger partial charge is 0.408 e. The summed E-state index contributed by atoms with van der Waals surface area (Å²) in [6.45, 7) is 9.22. The second-order valence-corrected chi connectivity index (χ2v) is 10.3. The van der Waals surface area contributed by atoms with E-state index in [0.717, 1.165) is 19.3 Å². The first kappa shape index (κ1) is 31.2. The molecule has 2 atom stereocenters. The van der Waals surface area contributed by atoms with E-state index in [9.17, 15) is 14.4 Å². The molecule has 210 valence electrons. The highest BCUT2D eigenvalue weighted by molar-refractivity contribution is 5.99. The van der Waals surface area contributed by atoms with Gasteiger partial charge in [0.05, 0.1) is 7.11 Å². The lowest BCUT2D eigenvalue weighted by molar-refractivity contribution is -0.140. The van der Waals surface area contributed by atoms with Gasteiger partial charge in [0, 0.05) is 17.8 Å². The molecule has 0 saturated heterocycles. The van der Waals surface area contributed by atoms with E-state index in [1.54, 1.807) is 83.3 Å². The summed E-state index contributed by atoms with van der Waals surface area (Å²) >= 11 is 0. The van der Waals surface area contributed by atoms with Crippen LogP contribution in [0.3, 0.4) is 0 Å². The standard InChI is InChI=1S/C31H41N3O5/c1-8-10-11-14-21-34(29(36)22(3)32-30(37)39-31(4,5)6)27(26-16-13-12-15-23(26)9-2)28(35)33-24-17-19-25(38-7)20-18-24/h2,12-13,15-20,22,27H,8,10-11,14,21H2,1,3-7H3,(H,32,37)(H,33,35). The molecule has 3 amide bonds. The molecule has 2 unspecified atom stereocenters. The second kappa shape index (κ2) is 14.8. The van der Waals surface area contributed by atoms with Crippen molar-refractivity contribution in [2.75, 3.05) is 19.0 Å². The quantitative estimate of drug-likeness (QED) is 0.269. The SMILES string of the molecule is C#Cc1ccccc1C(C(=O)Nc1ccc(OC)cc1)N(CCCCCC)C(=O)C(C)NC(=O)OC(C)(C)C. The number of ether oxygens (including phenoxy) is 2. The van der Waals surface area contributed by atoms with Crippen molar-refractivity contribution in [2.45, 2.75) is 78.0 Å². The largest absolute Gasteiger partial charge is 0.497 e. The van der Waals surface area contributed by atoms with Crippen LogP contribution in [0.25, 0.3) is 0 Å². The van der Waals surface area contributed by atoms with E-state index in [4.69, 9.17) is 15.9 Å². The van der Waals surface area contributed by atoms with Crippen molar-refractivity contribution in [1.29, 1.82) is 0 Å². The van der Waals surface area contributed by atoms with Crippen molar-refractivity contribution in [3.05, 3.63) is 59.7 Å². The number of carbonyl (C=O) groups is 3. The molecule has 2 N–H and O–H groups in total. The van der Waals surface area contributed by atoms with Crippen LogP contribution < -0.4 is 15.4 Å². The third-order valence-corrected chi connectivity index (χ3v) is 5.97. The lowest BCUT2D eigenvalue weighted by Gasteiger charge is -2.34. The Balaban J connectivity index is 2.48. The summed E-state index contributed by atoms with van der Waals surface area (Å²) in [5, 5.41) is 5.54. The van der Waals surface area contributed by atoms with Crippen LogP contribution in [0.15, 0.2) is 48.5 Å². The van der Waals surface area contributed by atoms with Gasteiger partial charge in [0.1, 0.15) is 23.4 Å². The molecule has 39 heavy (non-hydrogen) atoms. The van der Waals surface area contributed by atoms with Crippen LogP contribution in [0.5, 0.6) is 5.75 Å². The molecule has 0 aliphatic heterocycles. The number of rotatable bonds is 12. The summed E-state index contributed by atoms with van der Waals surface area (Å²) < 4.78 is 10.6. The highest BCUT2D eigenvalue weighted by atomic mass is 16.6. The van der Waals surface area contributed by atoms with E-state index < -0.39 is 35.6 Å². The molecule has 2 aromatic rings. The van der Waals surface area contributed by atoms with E-state index in [-0.39, 0.29) is 0 Å². The zero-order valence-corrected chi connectivity index (χ0v) is 23.9. The molecule has 0 radical (unpaired) electrons. The molecule has 0 saturated carbocycles. The maximum atomic E-state index is 13.9. The Labute approximate surface area is 232 Å². The molecule has 8 nitrogen and oxygen atoms in total. The van der Waals surface area contributed by atoms with E-state index in [2.05, 4.69) is 23.5 Å². The van der Waals surface area contributed by atoms with E-state index in [1.165, 1.54) is 4.90 Å². The Kier molecular flexibility index (Phi) is 11.9. The summed E-state index contributed by atoms with van der Waals surface area (Å²) in [5.74, 6) is 2.46. The van der Waals surface area contributed by atoms with Crippen molar-refractivity contribution in [3.63, 3.8) is 0 Å². The highest BCUT2D eigenvalue weighted by Crippen LogP contribution is 2.28. The third kappa shape index (κ3) is 9.68. The van der Waals surface area contributed by atoms with Crippen molar-refractivity contribution in [3.8, 4) is 18.1 Å². The zero-order valence-electron chi connectivity index (χ0n) is 23.9. The monoisotopic (exact) mass is 535 g/mol. The minimum atomic E-state index is -1.03. The first-order valence-corrected chi connectivity index (χ1v) is 13.3. The average Bonchev–Trinajstić information content (AvgIpc) is 2.89. The number of unbranched alkanes of at least 4 members (excludes halogenated alkanes) is 3. The summed E-state index contributed by atoms with van der Waals surface area (Å²) in [6, 6.07) is 12.0. The Hall–Kier alpha value is -3.99. The Bertz CT molecular complexity index is 1150. The van der Waals surface area contributed by atoms with Crippen molar-refractivity contribution in [2.24, 2.45) is 0 Å². The normalized spacial score (nSPS) is 12.4. The predicted molar refractivity (Wildman–Crippen MR) is 153 cm³/mol. The number of hydrogen-bond donors (Lipinski definition) is 2. The van der Waals surface area contributed by atoms with E-state index in [1.807, 2.05) is 0 Å². The maximum absolute atomic E-state index is 13.9. The van der Waals surface area contributed by atoms with Gasteiger partial charge in [-0.15, -0.1) is 6.42 Å². The number of anilines is 1. The number of nitrogens with one attached hydrogen (secondary N) is 2. The summed E-state index contributed by atoms with van der Waals surface area (Å²) in [7, 11) is 1.56. The number of terminal acetylenes is 1. The highest BCUT2D eigenvalue weighted by Gasteiger charge is 2.35. The number of amides is 3. The topological polar surface area (TPSA) is 97.0 Å². The van der Waals surface area contributed by atoms with Crippen LogP contribution >= 0.6 is 0 Å². The van der Waals surface area contributed by atoms with Gasteiger partial charge in [0.2, 0.25) is 5.91 Å². The van der Waals surface area contributed by atoms with Gasteiger partial charge in [-0.25, -0.2) is 4.79 Å². The lowest BCUT2D eigenvalue weighted by atomic mass is 9.97. The van der Waals surface area contributed by atoms with Crippen LogP contribution in [-0.2, 0) is 14.3 Å². The molecule has 0 aliphatic carbocycles. The average molecular weight is 536 g/mol. The van der Waals surface area contributed by atoms with Gasteiger partial charge in [-0.3, -0.25) is 9.59 Å². The Morgan fingerprint density at radius 2 is 1.69 bits per heavy atom. The van der Waals surface area contributed by atoms with Crippen LogP contribution in [0.2, 0.25) is 0 Å².